The first kappa shape index (κ1) is 16.2. The number of hydrogen-bond donors (Lipinski definition) is 0. The van der Waals surface area contributed by atoms with E-state index in [2.05, 4.69) is 9.97 Å². The Hall–Kier alpha value is -3.26. The van der Waals surface area contributed by atoms with E-state index in [1.165, 1.54) is 12.1 Å². The highest BCUT2D eigenvalue weighted by molar-refractivity contribution is 7.87. The van der Waals surface area contributed by atoms with Crippen molar-refractivity contribution in [2.45, 2.75) is 4.90 Å². The van der Waals surface area contributed by atoms with Gasteiger partial charge in [0.25, 0.3) is 0 Å². The van der Waals surface area contributed by atoms with Gasteiger partial charge in [-0.3, -0.25) is 4.98 Å². The first-order valence-electron chi connectivity index (χ1n) is 7.53. The predicted octanol–water partition coefficient (Wildman–Crippen LogP) is 3.80. The van der Waals surface area contributed by atoms with E-state index in [9.17, 15) is 12.8 Å². The van der Waals surface area contributed by atoms with Crippen molar-refractivity contribution >= 4 is 21.2 Å². The van der Waals surface area contributed by atoms with Gasteiger partial charge < -0.3 is 8.60 Å². The van der Waals surface area contributed by atoms with Gasteiger partial charge in [0.2, 0.25) is 5.89 Å². The maximum atomic E-state index is 13.0. The fraction of sp³-hybridized carbons (Fsp3) is 0. The van der Waals surface area contributed by atoms with E-state index in [1.807, 2.05) is 0 Å². The molecule has 0 radical (unpaired) electrons. The van der Waals surface area contributed by atoms with Gasteiger partial charge in [-0.15, -0.1) is 0 Å². The Bertz CT molecular complexity index is 1170. The van der Waals surface area contributed by atoms with Crippen LogP contribution in [0.5, 0.6) is 5.75 Å². The summed E-state index contributed by atoms with van der Waals surface area (Å²) in [5, 5.41) is 0. The van der Waals surface area contributed by atoms with Gasteiger partial charge in [-0.1, -0.05) is 6.07 Å². The molecular weight excluding hydrogens is 359 g/mol. The van der Waals surface area contributed by atoms with Crippen LogP contribution < -0.4 is 4.18 Å². The number of hydrogen-bond acceptors (Lipinski definition) is 6. The van der Waals surface area contributed by atoms with E-state index in [-0.39, 0.29) is 10.6 Å². The Morgan fingerprint density at radius 1 is 1.00 bits per heavy atom. The fourth-order valence-electron chi connectivity index (χ4n) is 2.33. The van der Waals surface area contributed by atoms with Crippen LogP contribution in [-0.2, 0) is 10.1 Å². The van der Waals surface area contributed by atoms with E-state index in [0.29, 0.717) is 22.7 Å². The van der Waals surface area contributed by atoms with Crippen LogP contribution in [-0.4, -0.2) is 18.4 Å². The van der Waals surface area contributed by atoms with Crippen LogP contribution in [0.1, 0.15) is 0 Å². The van der Waals surface area contributed by atoms with Crippen LogP contribution in [0, 0.1) is 5.82 Å². The van der Waals surface area contributed by atoms with Crippen molar-refractivity contribution in [2.75, 3.05) is 0 Å². The van der Waals surface area contributed by atoms with Crippen LogP contribution >= 0.6 is 0 Å². The Morgan fingerprint density at radius 3 is 2.54 bits per heavy atom. The van der Waals surface area contributed by atoms with E-state index in [4.69, 9.17) is 8.60 Å². The van der Waals surface area contributed by atoms with Crippen molar-refractivity contribution in [3.05, 3.63) is 72.7 Å². The summed E-state index contributed by atoms with van der Waals surface area (Å²) in [6.07, 6.45) is 1.62. The molecule has 2 heterocycles. The summed E-state index contributed by atoms with van der Waals surface area (Å²) in [5.41, 5.74) is 1.46. The Kier molecular flexibility index (Phi) is 3.89. The Labute approximate surface area is 148 Å². The molecule has 0 aliphatic carbocycles. The molecule has 2 aromatic carbocycles. The Balaban J connectivity index is 1.66. The molecule has 2 aromatic heterocycles. The van der Waals surface area contributed by atoms with Crippen molar-refractivity contribution in [2.24, 2.45) is 0 Å². The van der Waals surface area contributed by atoms with Gasteiger partial charge in [0.15, 0.2) is 5.58 Å². The SMILES string of the molecule is O=S(=O)(Oc1ccc2nc(-c3ccccn3)oc2c1)c1ccc(F)cc1. The summed E-state index contributed by atoms with van der Waals surface area (Å²) >= 11 is 0. The second kappa shape index (κ2) is 6.23. The summed E-state index contributed by atoms with van der Waals surface area (Å²) in [5.74, 6) is -0.154. The minimum atomic E-state index is -4.09. The van der Waals surface area contributed by atoms with Crippen LogP contribution in [0.2, 0.25) is 0 Å². The molecule has 130 valence electrons. The van der Waals surface area contributed by atoms with Gasteiger partial charge in [0.05, 0.1) is 0 Å². The average molecular weight is 370 g/mol. The number of rotatable bonds is 4. The molecule has 0 unspecified atom stereocenters. The highest BCUT2D eigenvalue weighted by Crippen LogP contribution is 2.27. The van der Waals surface area contributed by atoms with Gasteiger partial charge >= 0.3 is 10.1 Å². The third-order valence-corrected chi connectivity index (χ3v) is 4.81. The molecule has 0 bridgehead atoms. The van der Waals surface area contributed by atoms with Crippen molar-refractivity contribution < 1.29 is 21.4 Å². The third-order valence-electron chi connectivity index (χ3n) is 3.55. The zero-order valence-corrected chi connectivity index (χ0v) is 14.0. The number of fused-ring (bicyclic) bond motifs is 1. The van der Waals surface area contributed by atoms with Gasteiger partial charge in [-0.25, -0.2) is 9.37 Å². The van der Waals surface area contributed by atoms with Crippen LogP contribution in [0.15, 0.2) is 76.2 Å². The molecule has 0 aliphatic heterocycles. The molecular formula is C18H11FN2O4S. The quantitative estimate of drug-likeness (QED) is 0.508. The van der Waals surface area contributed by atoms with Gasteiger partial charge in [0, 0.05) is 12.3 Å². The minimum absolute atomic E-state index is 0.0607. The Morgan fingerprint density at radius 2 is 1.81 bits per heavy atom. The normalized spacial score (nSPS) is 11.6. The third kappa shape index (κ3) is 3.14. The van der Waals surface area contributed by atoms with E-state index >= 15 is 0 Å². The number of benzene rings is 2. The monoisotopic (exact) mass is 370 g/mol. The van der Waals surface area contributed by atoms with Crippen LogP contribution in [0.25, 0.3) is 22.7 Å². The largest absolute Gasteiger partial charge is 0.435 e. The minimum Gasteiger partial charge on any atom is -0.435 e. The average Bonchev–Trinajstić information content (AvgIpc) is 3.06. The first-order valence-corrected chi connectivity index (χ1v) is 8.94. The van der Waals surface area contributed by atoms with Crippen LogP contribution in [0.4, 0.5) is 4.39 Å². The number of aromatic nitrogens is 2. The molecule has 0 fully saturated rings. The predicted molar refractivity (Wildman–Crippen MR) is 91.5 cm³/mol. The molecule has 0 saturated carbocycles. The number of halogens is 1. The maximum Gasteiger partial charge on any atom is 0.339 e. The van der Waals surface area contributed by atoms with Crippen molar-refractivity contribution in [3.63, 3.8) is 0 Å². The summed E-state index contributed by atoms with van der Waals surface area (Å²) < 4.78 is 48.2. The van der Waals surface area contributed by atoms with E-state index in [0.717, 1.165) is 24.3 Å². The number of pyridine rings is 1. The molecule has 0 saturated heterocycles. The lowest BCUT2D eigenvalue weighted by Gasteiger charge is -2.06. The summed E-state index contributed by atoms with van der Waals surface area (Å²) in [7, 11) is -4.09. The molecule has 0 amide bonds. The van der Waals surface area contributed by atoms with E-state index in [1.54, 1.807) is 30.5 Å². The second-order valence-corrected chi connectivity index (χ2v) is 6.90. The lowest BCUT2D eigenvalue weighted by atomic mass is 10.3. The molecule has 6 nitrogen and oxygen atoms in total. The molecule has 4 rings (SSSR count). The number of oxazole rings is 1. The molecule has 8 heteroatoms. The van der Waals surface area contributed by atoms with Gasteiger partial charge in [-0.2, -0.15) is 8.42 Å². The van der Waals surface area contributed by atoms with Gasteiger partial charge in [0.1, 0.15) is 27.7 Å². The lowest BCUT2D eigenvalue weighted by molar-refractivity contribution is 0.485. The van der Waals surface area contributed by atoms with E-state index < -0.39 is 15.9 Å². The smallest absolute Gasteiger partial charge is 0.339 e. The second-order valence-electron chi connectivity index (χ2n) is 5.35. The molecule has 0 N–H and O–H groups in total. The summed E-state index contributed by atoms with van der Waals surface area (Å²) in [6, 6.07) is 14.2. The first-order chi connectivity index (χ1) is 12.5. The van der Waals surface area contributed by atoms with Gasteiger partial charge in [-0.05, 0) is 48.5 Å². The van der Waals surface area contributed by atoms with Crippen LogP contribution in [0.3, 0.4) is 0 Å². The number of nitrogens with zero attached hydrogens (tertiary/aromatic N) is 2. The molecule has 0 atom stereocenters. The highest BCUT2D eigenvalue weighted by Gasteiger charge is 2.18. The molecule has 0 aliphatic rings. The van der Waals surface area contributed by atoms with Crippen molar-refractivity contribution in [3.8, 4) is 17.3 Å². The van der Waals surface area contributed by atoms with Crippen molar-refractivity contribution in [1.82, 2.24) is 9.97 Å². The summed E-state index contributed by atoms with van der Waals surface area (Å²) in [6.45, 7) is 0. The topological polar surface area (TPSA) is 82.3 Å². The zero-order valence-electron chi connectivity index (χ0n) is 13.2. The molecule has 26 heavy (non-hydrogen) atoms. The molecule has 0 spiro atoms. The standard InChI is InChI=1S/C18H11FN2O4S/c19-12-4-7-14(8-5-12)26(22,23)25-13-6-9-15-17(11-13)24-18(21-15)16-3-1-2-10-20-16/h1-11H. The van der Waals surface area contributed by atoms with Crippen molar-refractivity contribution in [1.29, 1.82) is 0 Å². The zero-order chi connectivity index (χ0) is 18.1. The lowest BCUT2D eigenvalue weighted by Crippen LogP contribution is -2.09. The summed E-state index contributed by atoms with van der Waals surface area (Å²) in [4.78, 5) is 8.32. The molecule has 4 aromatic rings. The fourth-order valence-corrected chi connectivity index (χ4v) is 3.25. The maximum absolute atomic E-state index is 13.0. The highest BCUT2D eigenvalue weighted by atomic mass is 32.2.